The van der Waals surface area contributed by atoms with Gasteiger partial charge in [-0.25, -0.2) is 0 Å². The van der Waals surface area contributed by atoms with Gasteiger partial charge in [0.25, 0.3) is 11.6 Å². The lowest BCUT2D eigenvalue weighted by atomic mass is 9.76. The third kappa shape index (κ3) is 4.16. The first-order chi connectivity index (χ1) is 15.0. The first-order valence-corrected chi connectivity index (χ1v) is 10.7. The fourth-order valence-corrected chi connectivity index (χ4v) is 4.70. The Morgan fingerprint density at radius 1 is 1.35 bits per heavy atom. The van der Waals surface area contributed by atoms with Gasteiger partial charge in [-0.15, -0.1) is 0 Å². The number of carbonyl (C=O) groups is 1. The van der Waals surface area contributed by atoms with Crippen molar-refractivity contribution in [1.82, 2.24) is 5.32 Å². The Morgan fingerprint density at radius 3 is 2.97 bits per heavy atom. The number of fused-ring (bicyclic) bond motifs is 3. The zero-order valence-electron chi connectivity index (χ0n) is 17.1. The van der Waals surface area contributed by atoms with Crippen LogP contribution in [0.1, 0.15) is 46.3 Å². The highest BCUT2D eigenvalue weighted by Gasteiger charge is 2.39. The fourth-order valence-electron chi connectivity index (χ4n) is 4.52. The van der Waals surface area contributed by atoms with Crippen LogP contribution >= 0.6 is 11.6 Å². The van der Waals surface area contributed by atoms with Gasteiger partial charge in [-0.1, -0.05) is 42.0 Å². The maximum Gasteiger partial charge on any atom is 0.288 e. The lowest BCUT2D eigenvalue weighted by molar-refractivity contribution is -0.384. The van der Waals surface area contributed by atoms with Gasteiger partial charge in [-0.05, 0) is 42.0 Å². The zero-order valence-corrected chi connectivity index (χ0v) is 17.9. The smallest absolute Gasteiger partial charge is 0.288 e. The molecule has 8 heteroatoms. The van der Waals surface area contributed by atoms with Crippen molar-refractivity contribution in [2.75, 3.05) is 25.6 Å². The number of methoxy groups -OCH3 is 1. The first kappa shape index (κ1) is 21.3. The molecular formula is C23H24ClN3O4. The van der Waals surface area contributed by atoms with E-state index in [1.165, 1.54) is 6.07 Å². The molecule has 2 aliphatic rings. The Hall–Kier alpha value is -2.90. The number of anilines is 1. The van der Waals surface area contributed by atoms with Crippen molar-refractivity contribution in [1.29, 1.82) is 0 Å². The van der Waals surface area contributed by atoms with Crippen LogP contribution in [0.15, 0.2) is 48.6 Å². The summed E-state index contributed by atoms with van der Waals surface area (Å²) in [6, 6.07) is 10.5. The Labute approximate surface area is 185 Å². The fraction of sp³-hybridized carbons (Fsp3) is 0.348. The van der Waals surface area contributed by atoms with E-state index in [1.54, 1.807) is 19.2 Å². The minimum Gasteiger partial charge on any atom is -0.385 e. The van der Waals surface area contributed by atoms with Crippen molar-refractivity contribution in [2.45, 2.75) is 24.8 Å². The second kappa shape index (κ2) is 9.08. The molecule has 2 N–H and O–H groups in total. The summed E-state index contributed by atoms with van der Waals surface area (Å²) in [5, 5.41) is 18.0. The quantitative estimate of drug-likeness (QED) is 0.277. The molecule has 1 aliphatic carbocycles. The van der Waals surface area contributed by atoms with Crippen molar-refractivity contribution in [3.05, 3.63) is 80.4 Å². The van der Waals surface area contributed by atoms with Gasteiger partial charge in [0.1, 0.15) is 5.02 Å². The number of rotatable bonds is 7. The predicted molar refractivity (Wildman–Crippen MR) is 120 cm³/mol. The average Bonchev–Trinajstić information content (AvgIpc) is 3.26. The molecule has 162 valence electrons. The molecule has 31 heavy (non-hydrogen) atoms. The summed E-state index contributed by atoms with van der Waals surface area (Å²) < 4.78 is 5.04. The number of carbonyl (C=O) groups excluding carboxylic acids is 1. The minimum absolute atomic E-state index is 0.113. The Balaban J connectivity index is 1.68. The van der Waals surface area contributed by atoms with Crippen LogP contribution in [0.4, 0.5) is 11.4 Å². The van der Waals surface area contributed by atoms with Crippen LogP contribution in [0.5, 0.6) is 0 Å². The summed E-state index contributed by atoms with van der Waals surface area (Å²) >= 11 is 6.02. The lowest BCUT2D eigenvalue weighted by Gasteiger charge is -2.38. The van der Waals surface area contributed by atoms with Crippen LogP contribution < -0.4 is 10.6 Å². The van der Waals surface area contributed by atoms with E-state index < -0.39 is 4.92 Å². The van der Waals surface area contributed by atoms with Gasteiger partial charge in [0.15, 0.2) is 0 Å². The van der Waals surface area contributed by atoms with Gasteiger partial charge in [0, 0.05) is 32.2 Å². The number of benzene rings is 2. The zero-order chi connectivity index (χ0) is 22.0. The monoisotopic (exact) mass is 441 g/mol. The summed E-state index contributed by atoms with van der Waals surface area (Å²) in [5.74, 6) is 0.187. The Kier molecular flexibility index (Phi) is 6.25. The lowest BCUT2D eigenvalue weighted by Crippen LogP contribution is -2.32. The van der Waals surface area contributed by atoms with E-state index in [0.29, 0.717) is 18.7 Å². The Bertz CT molecular complexity index is 1040. The highest BCUT2D eigenvalue weighted by molar-refractivity contribution is 6.32. The van der Waals surface area contributed by atoms with Gasteiger partial charge >= 0.3 is 0 Å². The molecule has 0 radical (unpaired) electrons. The molecular weight excluding hydrogens is 418 g/mol. The maximum absolute atomic E-state index is 12.9. The third-order valence-corrected chi connectivity index (χ3v) is 6.30. The van der Waals surface area contributed by atoms with Crippen LogP contribution in [0, 0.1) is 16.0 Å². The van der Waals surface area contributed by atoms with E-state index in [4.69, 9.17) is 16.3 Å². The molecule has 1 aliphatic heterocycles. The van der Waals surface area contributed by atoms with Crippen LogP contribution in [-0.4, -0.2) is 31.1 Å². The molecule has 0 bridgehead atoms. The second-order valence-electron chi connectivity index (χ2n) is 7.82. The second-order valence-corrected chi connectivity index (χ2v) is 8.22. The Morgan fingerprint density at radius 2 is 2.19 bits per heavy atom. The summed E-state index contributed by atoms with van der Waals surface area (Å²) in [4.78, 5) is 23.8. The van der Waals surface area contributed by atoms with E-state index in [2.05, 4.69) is 22.8 Å². The van der Waals surface area contributed by atoms with Crippen LogP contribution in [0.3, 0.4) is 0 Å². The molecule has 0 fully saturated rings. The van der Waals surface area contributed by atoms with Crippen molar-refractivity contribution in [3.8, 4) is 0 Å². The summed E-state index contributed by atoms with van der Waals surface area (Å²) in [5.41, 5.74) is 3.10. The molecule has 0 saturated carbocycles. The van der Waals surface area contributed by atoms with E-state index in [1.807, 2.05) is 18.2 Å². The number of nitro benzene ring substituents is 1. The summed E-state index contributed by atoms with van der Waals surface area (Å²) in [7, 11) is 1.63. The number of nitro groups is 1. The van der Waals surface area contributed by atoms with E-state index in [9.17, 15) is 14.9 Å². The molecule has 0 aromatic heterocycles. The molecule has 4 rings (SSSR count). The molecule has 0 spiro atoms. The number of allylic oxidation sites excluding steroid dienone is 2. The number of hydrogen-bond acceptors (Lipinski definition) is 5. The largest absolute Gasteiger partial charge is 0.385 e. The number of halogens is 1. The summed E-state index contributed by atoms with van der Waals surface area (Å²) in [6.07, 6.45) is 5.89. The highest BCUT2D eigenvalue weighted by atomic mass is 35.5. The van der Waals surface area contributed by atoms with Crippen LogP contribution in [0.25, 0.3) is 0 Å². The van der Waals surface area contributed by atoms with Crippen molar-refractivity contribution < 1.29 is 14.5 Å². The SMILES string of the molecule is COCCCNC(=O)c1cccc2c1NC(c1ccc(Cl)c([N+](=O)[O-])c1)C1CC=CC21. The molecule has 1 heterocycles. The van der Waals surface area contributed by atoms with Crippen LogP contribution in [0.2, 0.25) is 5.02 Å². The number of hydrogen-bond donors (Lipinski definition) is 2. The normalized spacial score (nSPS) is 21.2. The molecule has 3 atom stereocenters. The number of amides is 1. The van der Waals surface area contributed by atoms with Gasteiger partial charge in [0.05, 0.1) is 22.2 Å². The van der Waals surface area contributed by atoms with E-state index in [0.717, 1.165) is 29.7 Å². The van der Waals surface area contributed by atoms with Gasteiger partial charge in [-0.2, -0.15) is 0 Å². The highest BCUT2D eigenvalue weighted by Crippen LogP contribution is 2.51. The van der Waals surface area contributed by atoms with Crippen molar-refractivity contribution in [2.24, 2.45) is 5.92 Å². The van der Waals surface area contributed by atoms with E-state index >= 15 is 0 Å². The average molecular weight is 442 g/mol. The molecule has 3 unspecified atom stereocenters. The molecule has 2 aromatic rings. The molecule has 1 amide bonds. The van der Waals surface area contributed by atoms with Crippen molar-refractivity contribution >= 4 is 28.9 Å². The van der Waals surface area contributed by atoms with Gasteiger partial charge < -0.3 is 15.4 Å². The molecule has 2 aromatic carbocycles. The number of ether oxygens (including phenoxy) is 1. The van der Waals surface area contributed by atoms with Crippen LogP contribution in [-0.2, 0) is 4.74 Å². The first-order valence-electron chi connectivity index (χ1n) is 10.3. The summed E-state index contributed by atoms with van der Waals surface area (Å²) in [6.45, 7) is 1.10. The number of nitrogens with zero attached hydrogens (tertiary/aromatic N) is 1. The standard InChI is InChI=1S/C23H24ClN3O4/c1-31-12-4-11-25-23(28)18-8-3-7-17-15-5-2-6-16(15)21(26-22(17)18)14-9-10-19(24)20(13-14)27(29)30/h2-3,5,7-10,13,15-16,21,26H,4,6,11-12H2,1H3,(H,25,28). The number of para-hydroxylation sites is 1. The topological polar surface area (TPSA) is 93.5 Å². The molecule has 0 saturated heterocycles. The van der Waals surface area contributed by atoms with E-state index in [-0.39, 0.29) is 34.5 Å². The van der Waals surface area contributed by atoms with Gasteiger partial charge in [-0.3, -0.25) is 14.9 Å². The number of nitrogens with one attached hydrogen (secondary N) is 2. The maximum atomic E-state index is 12.9. The predicted octanol–water partition coefficient (Wildman–Crippen LogP) is 4.84. The third-order valence-electron chi connectivity index (χ3n) is 5.98. The van der Waals surface area contributed by atoms with Crippen molar-refractivity contribution in [3.63, 3.8) is 0 Å². The van der Waals surface area contributed by atoms with Gasteiger partial charge in [0.2, 0.25) is 0 Å². The minimum atomic E-state index is -0.466. The molecule has 7 nitrogen and oxygen atoms in total.